The summed E-state index contributed by atoms with van der Waals surface area (Å²) >= 11 is 0. The standard InChI is InChI=1S/C11H15FN2O/c1-7(2)11(13)14-9-5-4-8(12)6-10(9)15-3/h4-7H,1-3H3,(H2,13,14). The highest BCUT2D eigenvalue weighted by Gasteiger charge is 2.05. The van der Waals surface area contributed by atoms with E-state index in [9.17, 15) is 4.39 Å². The number of amidine groups is 1. The molecule has 0 bridgehead atoms. The van der Waals surface area contributed by atoms with Crippen molar-refractivity contribution in [3.63, 3.8) is 0 Å². The Morgan fingerprint density at radius 2 is 2.13 bits per heavy atom. The summed E-state index contributed by atoms with van der Waals surface area (Å²) in [4.78, 5) is 4.17. The van der Waals surface area contributed by atoms with Crippen molar-refractivity contribution in [3.05, 3.63) is 24.0 Å². The largest absolute Gasteiger partial charge is 0.494 e. The van der Waals surface area contributed by atoms with E-state index < -0.39 is 0 Å². The summed E-state index contributed by atoms with van der Waals surface area (Å²) in [6, 6.07) is 4.16. The molecule has 0 saturated heterocycles. The van der Waals surface area contributed by atoms with Gasteiger partial charge in [-0.2, -0.15) is 0 Å². The Morgan fingerprint density at radius 3 is 2.67 bits per heavy atom. The summed E-state index contributed by atoms with van der Waals surface area (Å²) in [6.45, 7) is 3.88. The Hall–Kier alpha value is -1.58. The number of methoxy groups -OCH3 is 1. The zero-order valence-corrected chi connectivity index (χ0v) is 9.12. The van der Waals surface area contributed by atoms with E-state index >= 15 is 0 Å². The van der Waals surface area contributed by atoms with Gasteiger partial charge in [0.05, 0.1) is 7.11 Å². The fourth-order valence-corrected chi connectivity index (χ4v) is 1.01. The molecular weight excluding hydrogens is 195 g/mol. The minimum absolute atomic E-state index is 0.153. The third kappa shape index (κ3) is 2.94. The van der Waals surface area contributed by atoms with E-state index in [-0.39, 0.29) is 11.7 Å². The third-order valence-electron chi connectivity index (χ3n) is 1.98. The normalized spacial score (nSPS) is 11.9. The second kappa shape index (κ2) is 4.77. The monoisotopic (exact) mass is 210 g/mol. The molecule has 0 aromatic heterocycles. The molecule has 3 nitrogen and oxygen atoms in total. The van der Waals surface area contributed by atoms with Gasteiger partial charge in [-0.15, -0.1) is 0 Å². The molecule has 0 spiro atoms. The van der Waals surface area contributed by atoms with Crippen molar-refractivity contribution >= 4 is 11.5 Å². The molecular formula is C11H15FN2O. The van der Waals surface area contributed by atoms with Crippen molar-refractivity contribution in [1.82, 2.24) is 0 Å². The van der Waals surface area contributed by atoms with Gasteiger partial charge in [-0.3, -0.25) is 0 Å². The third-order valence-corrected chi connectivity index (χ3v) is 1.98. The van der Waals surface area contributed by atoms with Crippen LogP contribution in [0.5, 0.6) is 5.75 Å². The lowest BCUT2D eigenvalue weighted by molar-refractivity contribution is 0.412. The lowest BCUT2D eigenvalue weighted by atomic mass is 10.2. The van der Waals surface area contributed by atoms with Gasteiger partial charge < -0.3 is 10.5 Å². The molecule has 0 aliphatic rings. The number of rotatable bonds is 3. The van der Waals surface area contributed by atoms with E-state index in [4.69, 9.17) is 10.5 Å². The molecule has 0 saturated carbocycles. The quantitative estimate of drug-likeness (QED) is 0.615. The van der Waals surface area contributed by atoms with Crippen molar-refractivity contribution in [3.8, 4) is 5.75 Å². The Bertz CT molecular complexity index is 375. The van der Waals surface area contributed by atoms with E-state index in [1.54, 1.807) is 6.07 Å². The summed E-state index contributed by atoms with van der Waals surface area (Å²) < 4.78 is 17.9. The maximum atomic E-state index is 12.9. The van der Waals surface area contributed by atoms with Crippen LogP contribution >= 0.6 is 0 Å². The topological polar surface area (TPSA) is 47.6 Å². The van der Waals surface area contributed by atoms with Crippen molar-refractivity contribution in [2.45, 2.75) is 13.8 Å². The molecule has 0 amide bonds. The fraction of sp³-hybridized carbons (Fsp3) is 0.364. The van der Waals surface area contributed by atoms with Crippen molar-refractivity contribution < 1.29 is 9.13 Å². The first kappa shape index (κ1) is 11.5. The molecule has 1 rings (SSSR count). The Morgan fingerprint density at radius 1 is 1.47 bits per heavy atom. The van der Waals surface area contributed by atoms with Crippen LogP contribution in [-0.2, 0) is 0 Å². The maximum Gasteiger partial charge on any atom is 0.147 e. The molecule has 0 atom stereocenters. The first-order valence-corrected chi connectivity index (χ1v) is 4.72. The minimum Gasteiger partial charge on any atom is -0.494 e. The summed E-state index contributed by atoms with van der Waals surface area (Å²) in [5, 5.41) is 0. The average Bonchev–Trinajstić information content (AvgIpc) is 2.20. The van der Waals surface area contributed by atoms with E-state index in [2.05, 4.69) is 4.99 Å². The molecule has 0 radical (unpaired) electrons. The SMILES string of the molecule is COc1cc(F)ccc1N=C(N)C(C)C. The van der Waals surface area contributed by atoms with Crippen LogP contribution in [0, 0.1) is 11.7 Å². The van der Waals surface area contributed by atoms with Crippen LogP contribution in [-0.4, -0.2) is 12.9 Å². The van der Waals surface area contributed by atoms with Gasteiger partial charge in [-0.05, 0) is 12.1 Å². The van der Waals surface area contributed by atoms with Crippen LogP contribution in [0.15, 0.2) is 23.2 Å². The van der Waals surface area contributed by atoms with Gasteiger partial charge in [0.1, 0.15) is 23.1 Å². The summed E-state index contributed by atoms with van der Waals surface area (Å²) in [5.74, 6) is 0.687. The zero-order chi connectivity index (χ0) is 11.4. The number of benzene rings is 1. The van der Waals surface area contributed by atoms with Gasteiger partial charge in [-0.1, -0.05) is 13.8 Å². The molecule has 2 N–H and O–H groups in total. The Labute approximate surface area is 88.8 Å². The highest BCUT2D eigenvalue weighted by molar-refractivity contribution is 5.85. The highest BCUT2D eigenvalue weighted by atomic mass is 19.1. The van der Waals surface area contributed by atoms with Crippen molar-refractivity contribution in [1.29, 1.82) is 0 Å². The molecule has 1 aromatic carbocycles. The first-order chi connectivity index (χ1) is 7.04. The van der Waals surface area contributed by atoms with E-state index in [1.807, 2.05) is 13.8 Å². The van der Waals surface area contributed by atoms with Crippen LogP contribution in [0.4, 0.5) is 10.1 Å². The van der Waals surface area contributed by atoms with E-state index in [0.29, 0.717) is 17.3 Å². The zero-order valence-electron chi connectivity index (χ0n) is 9.12. The highest BCUT2D eigenvalue weighted by Crippen LogP contribution is 2.28. The molecule has 4 heteroatoms. The van der Waals surface area contributed by atoms with Crippen LogP contribution < -0.4 is 10.5 Å². The molecule has 15 heavy (non-hydrogen) atoms. The van der Waals surface area contributed by atoms with Gasteiger partial charge in [0.25, 0.3) is 0 Å². The van der Waals surface area contributed by atoms with E-state index in [1.165, 1.54) is 19.2 Å². The Kier molecular flexibility index (Phi) is 3.66. The van der Waals surface area contributed by atoms with Crippen molar-refractivity contribution in [2.75, 3.05) is 7.11 Å². The maximum absolute atomic E-state index is 12.9. The number of nitrogens with two attached hydrogens (primary N) is 1. The van der Waals surface area contributed by atoms with Crippen LogP contribution in [0.3, 0.4) is 0 Å². The van der Waals surface area contributed by atoms with Gasteiger partial charge in [0.2, 0.25) is 0 Å². The molecule has 0 aliphatic carbocycles. The number of nitrogens with zero attached hydrogens (tertiary/aromatic N) is 1. The van der Waals surface area contributed by atoms with Gasteiger partial charge in [-0.25, -0.2) is 9.38 Å². The van der Waals surface area contributed by atoms with Gasteiger partial charge in [0.15, 0.2) is 0 Å². The number of hydrogen-bond acceptors (Lipinski definition) is 2. The lowest BCUT2D eigenvalue weighted by Crippen LogP contribution is -2.18. The predicted octanol–water partition coefficient (Wildman–Crippen LogP) is 2.48. The van der Waals surface area contributed by atoms with Gasteiger partial charge in [0, 0.05) is 12.0 Å². The summed E-state index contributed by atoms with van der Waals surface area (Å²) in [6.07, 6.45) is 0. The molecule has 1 aromatic rings. The number of hydrogen-bond donors (Lipinski definition) is 1. The van der Waals surface area contributed by atoms with Crippen LogP contribution in [0.25, 0.3) is 0 Å². The summed E-state index contributed by atoms with van der Waals surface area (Å²) in [5.41, 5.74) is 6.26. The molecule has 0 aliphatic heterocycles. The van der Waals surface area contributed by atoms with Gasteiger partial charge >= 0.3 is 0 Å². The smallest absolute Gasteiger partial charge is 0.147 e. The lowest BCUT2D eigenvalue weighted by Gasteiger charge is -2.07. The molecule has 0 heterocycles. The predicted molar refractivity (Wildman–Crippen MR) is 59.1 cm³/mol. The second-order valence-corrected chi connectivity index (χ2v) is 3.51. The second-order valence-electron chi connectivity index (χ2n) is 3.51. The number of ether oxygens (including phenoxy) is 1. The average molecular weight is 210 g/mol. The Balaban J connectivity index is 3.09. The molecule has 0 fully saturated rings. The minimum atomic E-state index is -0.353. The van der Waals surface area contributed by atoms with Crippen LogP contribution in [0.2, 0.25) is 0 Å². The number of aliphatic imine (C=N–C) groups is 1. The van der Waals surface area contributed by atoms with Crippen molar-refractivity contribution in [2.24, 2.45) is 16.6 Å². The van der Waals surface area contributed by atoms with Crippen LogP contribution in [0.1, 0.15) is 13.8 Å². The summed E-state index contributed by atoms with van der Waals surface area (Å²) in [7, 11) is 1.47. The van der Waals surface area contributed by atoms with E-state index in [0.717, 1.165) is 0 Å². The first-order valence-electron chi connectivity index (χ1n) is 4.72. The number of halogens is 1. The fourth-order valence-electron chi connectivity index (χ4n) is 1.01. The molecule has 82 valence electrons. The molecule has 0 unspecified atom stereocenters.